The fraction of sp³-hybridized carbons (Fsp3) is 0.0588. The minimum Gasteiger partial charge on any atom is -0.268 e. The number of nitrogens with one attached hydrogen (secondary N) is 1. The van der Waals surface area contributed by atoms with Gasteiger partial charge in [-0.2, -0.15) is 10.2 Å². The van der Waals surface area contributed by atoms with Gasteiger partial charge in [0, 0.05) is 23.6 Å². The lowest BCUT2D eigenvalue weighted by atomic mass is 10.2. The second-order valence-corrected chi connectivity index (χ2v) is 5.44. The van der Waals surface area contributed by atoms with Crippen LogP contribution in [0.3, 0.4) is 0 Å². The van der Waals surface area contributed by atoms with Crippen molar-refractivity contribution < 1.29 is 4.79 Å². The normalized spacial score (nSPS) is 10.9. The summed E-state index contributed by atoms with van der Waals surface area (Å²) in [7, 11) is 0. The predicted octanol–water partition coefficient (Wildman–Crippen LogP) is 2.74. The summed E-state index contributed by atoms with van der Waals surface area (Å²) in [5, 5.41) is 8.83. The maximum Gasteiger partial charge on any atom is 0.291 e. The molecule has 0 saturated carbocycles. The summed E-state index contributed by atoms with van der Waals surface area (Å²) < 4.78 is 1.69. The molecule has 0 bridgehead atoms. The molecule has 0 atom stereocenters. The molecule has 0 spiro atoms. The lowest BCUT2D eigenvalue weighted by molar-refractivity contribution is 0.0949. The van der Waals surface area contributed by atoms with Crippen LogP contribution >= 0.6 is 11.6 Å². The van der Waals surface area contributed by atoms with Crippen molar-refractivity contribution in [3.8, 4) is 0 Å². The first-order valence-electron chi connectivity index (χ1n) is 7.22. The van der Waals surface area contributed by atoms with Crippen molar-refractivity contribution in [2.24, 2.45) is 5.10 Å². The Kier molecular flexibility index (Phi) is 4.98. The van der Waals surface area contributed by atoms with Crippen molar-refractivity contribution in [1.82, 2.24) is 20.2 Å². The van der Waals surface area contributed by atoms with Gasteiger partial charge in [0.2, 0.25) is 0 Å². The third-order valence-corrected chi connectivity index (χ3v) is 3.47. The Morgan fingerprint density at radius 1 is 1.17 bits per heavy atom. The van der Waals surface area contributed by atoms with E-state index in [9.17, 15) is 4.79 Å². The van der Waals surface area contributed by atoms with Crippen LogP contribution in [0, 0.1) is 0 Å². The molecule has 0 saturated heterocycles. The van der Waals surface area contributed by atoms with E-state index in [2.05, 4.69) is 20.6 Å². The Bertz CT molecular complexity index is 843. The fourth-order valence-corrected chi connectivity index (χ4v) is 2.15. The summed E-state index contributed by atoms with van der Waals surface area (Å²) in [6.45, 7) is 0.560. The van der Waals surface area contributed by atoms with Crippen LogP contribution in [0.15, 0.2) is 66.2 Å². The number of aromatic nitrogens is 3. The molecule has 1 aromatic carbocycles. The molecule has 1 N–H and O–H groups in total. The summed E-state index contributed by atoms with van der Waals surface area (Å²) in [5.41, 5.74) is 4.64. The van der Waals surface area contributed by atoms with Gasteiger partial charge in [0.15, 0.2) is 5.69 Å². The van der Waals surface area contributed by atoms with Gasteiger partial charge in [0.05, 0.1) is 12.8 Å². The topological polar surface area (TPSA) is 72.2 Å². The van der Waals surface area contributed by atoms with Crippen LogP contribution in [0.1, 0.15) is 21.6 Å². The Morgan fingerprint density at radius 3 is 2.67 bits per heavy atom. The van der Waals surface area contributed by atoms with Crippen molar-refractivity contribution in [2.45, 2.75) is 6.54 Å². The van der Waals surface area contributed by atoms with Crippen molar-refractivity contribution >= 4 is 23.7 Å². The van der Waals surface area contributed by atoms with Crippen LogP contribution in [0.5, 0.6) is 0 Å². The first-order valence-corrected chi connectivity index (χ1v) is 7.60. The number of carbonyl (C=O) groups is 1. The van der Waals surface area contributed by atoms with Crippen molar-refractivity contribution in [3.05, 3.63) is 82.9 Å². The zero-order valence-corrected chi connectivity index (χ0v) is 13.4. The average molecular weight is 340 g/mol. The van der Waals surface area contributed by atoms with E-state index in [4.69, 9.17) is 11.6 Å². The molecular weight excluding hydrogens is 326 g/mol. The first kappa shape index (κ1) is 15.9. The summed E-state index contributed by atoms with van der Waals surface area (Å²) in [4.78, 5) is 15.9. The van der Waals surface area contributed by atoms with E-state index in [0.29, 0.717) is 17.3 Å². The number of halogens is 1. The lowest BCUT2D eigenvalue weighted by Crippen LogP contribution is -2.18. The van der Waals surface area contributed by atoms with E-state index in [1.54, 1.807) is 47.7 Å². The number of hydrazone groups is 1. The molecule has 0 aliphatic carbocycles. The summed E-state index contributed by atoms with van der Waals surface area (Å²) in [6.07, 6.45) is 6.60. The Balaban J connectivity index is 1.59. The van der Waals surface area contributed by atoms with Gasteiger partial charge < -0.3 is 0 Å². The first-order chi connectivity index (χ1) is 11.7. The summed E-state index contributed by atoms with van der Waals surface area (Å²) >= 11 is 5.86. The third kappa shape index (κ3) is 4.27. The zero-order chi connectivity index (χ0) is 16.8. The van der Waals surface area contributed by atoms with Crippen LogP contribution < -0.4 is 5.43 Å². The fourth-order valence-electron chi connectivity index (χ4n) is 2.02. The molecule has 6 nitrogen and oxygen atoms in total. The minimum absolute atomic E-state index is 0.302. The van der Waals surface area contributed by atoms with Crippen molar-refractivity contribution in [1.29, 1.82) is 0 Å². The van der Waals surface area contributed by atoms with Crippen molar-refractivity contribution in [2.75, 3.05) is 0 Å². The van der Waals surface area contributed by atoms with Crippen LogP contribution in [-0.4, -0.2) is 26.9 Å². The highest BCUT2D eigenvalue weighted by molar-refractivity contribution is 6.30. The number of rotatable bonds is 5. The molecule has 0 radical (unpaired) electrons. The summed E-state index contributed by atoms with van der Waals surface area (Å²) in [6, 6.07) is 12.7. The van der Waals surface area contributed by atoms with Crippen molar-refractivity contribution in [3.63, 3.8) is 0 Å². The Labute approximate surface area is 143 Å². The average Bonchev–Trinajstić information content (AvgIpc) is 3.06. The number of carbonyl (C=O) groups excluding carboxylic acids is 1. The molecule has 120 valence electrons. The summed E-state index contributed by atoms with van der Waals surface area (Å²) in [5.74, 6) is -0.366. The van der Waals surface area contributed by atoms with E-state index in [1.165, 1.54) is 0 Å². The molecule has 0 fully saturated rings. The molecule has 7 heteroatoms. The number of benzene rings is 1. The molecule has 3 aromatic rings. The molecule has 0 unspecified atom stereocenters. The molecular formula is C17H14ClN5O. The molecule has 2 heterocycles. The third-order valence-electron chi connectivity index (χ3n) is 3.22. The minimum atomic E-state index is -0.366. The van der Waals surface area contributed by atoms with E-state index in [-0.39, 0.29) is 5.91 Å². The standard InChI is InChI=1S/C17H14ClN5O/c18-15-3-1-14(2-4-15)12-23-10-7-16(22-23)17(24)21-20-11-13-5-8-19-9-6-13/h1-11H,12H2,(H,21,24). The molecule has 0 aliphatic heterocycles. The van der Waals surface area contributed by atoms with E-state index < -0.39 is 0 Å². The number of hydrogen-bond donors (Lipinski definition) is 1. The molecule has 3 rings (SSSR count). The lowest BCUT2D eigenvalue weighted by Gasteiger charge is -2.02. The number of amides is 1. The number of hydrogen-bond acceptors (Lipinski definition) is 4. The monoisotopic (exact) mass is 339 g/mol. The predicted molar refractivity (Wildman–Crippen MR) is 92.1 cm³/mol. The maximum atomic E-state index is 12.0. The Morgan fingerprint density at radius 2 is 1.92 bits per heavy atom. The maximum absolute atomic E-state index is 12.0. The smallest absolute Gasteiger partial charge is 0.268 e. The van der Waals surface area contributed by atoms with E-state index >= 15 is 0 Å². The van der Waals surface area contributed by atoms with Gasteiger partial charge in [-0.05, 0) is 41.5 Å². The Hall–Kier alpha value is -2.99. The van der Waals surface area contributed by atoms with Crippen LogP contribution in [-0.2, 0) is 6.54 Å². The quantitative estimate of drug-likeness (QED) is 0.574. The number of pyridine rings is 1. The van der Waals surface area contributed by atoms with Gasteiger partial charge in [-0.1, -0.05) is 23.7 Å². The molecule has 24 heavy (non-hydrogen) atoms. The van der Waals surface area contributed by atoms with Gasteiger partial charge in [-0.3, -0.25) is 14.5 Å². The highest BCUT2D eigenvalue weighted by Crippen LogP contribution is 2.10. The second-order valence-electron chi connectivity index (χ2n) is 5.00. The van der Waals surface area contributed by atoms with Crippen LogP contribution in [0.4, 0.5) is 0 Å². The van der Waals surface area contributed by atoms with Crippen LogP contribution in [0.25, 0.3) is 0 Å². The number of nitrogens with zero attached hydrogens (tertiary/aromatic N) is 4. The highest BCUT2D eigenvalue weighted by Gasteiger charge is 2.08. The van der Waals surface area contributed by atoms with E-state index in [1.807, 2.05) is 24.3 Å². The SMILES string of the molecule is O=C(NN=Cc1ccncc1)c1ccn(Cc2ccc(Cl)cc2)n1. The molecule has 0 aliphatic rings. The molecule has 1 amide bonds. The zero-order valence-electron chi connectivity index (χ0n) is 12.6. The van der Waals surface area contributed by atoms with Gasteiger partial charge in [0.1, 0.15) is 0 Å². The van der Waals surface area contributed by atoms with Gasteiger partial charge in [-0.15, -0.1) is 0 Å². The van der Waals surface area contributed by atoms with Gasteiger partial charge in [-0.25, -0.2) is 5.43 Å². The van der Waals surface area contributed by atoms with E-state index in [0.717, 1.165) is 11.1 Å². The van der Waals surface area contributed by atoms with Crippen LogP contribution in [0.2, 0.25) is 5.02 Å². The van der Waals surface area contributed by atoms with Gasteiger partial charge in [0.25, 0.3) is 5.91 Å². The highest BCUT2D eigenvalue weighted by atomic mass is 35.5. The molecule has 2 aromatic heterocycles. The van der Waals surface area contributed by atoms with Gasteiger partial charge >= 0.3 is 0 Å². The largest absolute Gasteiger partial charge is 0.291 e. The second kappa shape index (κ2) is 7.52.